The van der Waals surface area contributed by atoms with E-state index in [1.54, 1.807) is 0 Å². The van der Waals surface area contributed by atoms with Gasteiger partial charge in [-0.2, -0.15) is 5.10 Å². The Hall–Kier alpha value is -1.87. The van der Waals surface area contributed by atoms with Gasteiger partial charge in [0, 0.05) is 24.3 Å². The minimum atomic E-state index is -3.63. The first-order chi connectivity index (χ1) is 9.70. The molecule has 0 saturated carbocycles. The molecule has 1 unspecified atom stereocenters. The maximum Gasteiger partial charge on any atom is 0.150 e. The topological polar surface area (TPSA) is 95.9 Å². The number of nitrogens with zero attached hydrogens (tertiary/aromatic N) is 2. The molecule has 1 aromatic carbocycles. The molecule has 0 aliphatic heterocycles. The Balaban J connectivity index is 2.48. The van der Waals surface area contributed by atoms with Crippen LogP contribution in [-0.2, 0) is 21.9 Å². The SMILES string of the molecule is CS(=O)(=O)CC(O)(Cc1ncn[nH]1)c1ccc(F)cc1F. The maximum absolute atomic E-state index is 13.9. The van der Waals surface area contributed by atoms with E-state index in [9.17, 15) is 22.3 Å². The fourth-order valence-corrected chi connectivity index (χ4v) is 3.24. The van der Waals surface area contributed by atoms with Crippen molar-refractivity contribution in [1.29, 1.82) is 0 Å². The van der Waals surface area contributed by atoms with Crippen molar-refractivity contribution >= 4 is 9.84 Å². The summed E-state index contributed by atoms with van der Waals surface area (Å²) < 4.78 is 49.9. The van der Waals surface area contributed by atoms with Gasteiger partial charge in [0.05, 0.1) is 5.75 Å². The van der Waals surface area contributed by atoms with Gasteiger partial charge in [-0.1, -0.05) is 6.07 Å². The van der Waals surface area contributed by atoms with E-state index >= 15 is 0 Å². The highest BCUT2D eigenvalue weighted by Crippen LogP contribution is 2.29. The molecule has 1 heterocycles. The van der Waals surface area contributed by atoms with Gasteiger partial charge in [-0.15, -0.1) is 0 Å². The minimum absolute atomic E-state index is 0.185. The third-order valence-electron chi connectivity index (χ3n) is 2.86. The highest BCUT2D eigenvalue weighted by atomic mass is 32.2. The van der Waals surface area contributed by atoms with Crippen LogP contribution in [0.1, 0.15) is 11.4 Å². The van der Waals surface area contributed by atoms with Gasteiger partial charge < -0.3 is 5.11 Å². The number of hydrogen-bond acceptors (Lipinski definition) is 5. The lowest BCUT2D eigenvalue weighted by molar-refractivity contribution is 0.0552. The summed E-state index contributed by atoms with van der Waals surface area (Å²) in [6.45, 7) is 0. The molecule has 0 fully saturated rings. The summed E-state index contributed by atoms with van der Waals surface area (Å²) in [4.78, 5) is 3.79. The molecule has 0 aliphatic rings. The fourth-order valence-electron chi connectivity index (χ4n) is 2.12. The summed E-state index contributed by atoms with van der Waals surface area (Å²) in [6.07, 6.45) is 1.79. The van der Waals surface area contributed by atoms with E-state index in [0.717, 1.165) is 18.4 Å². The Morgan fingerprint density at radius 3 is 2.62 bits per heavy atom. The largest absolute Gasteiger partial charge is 0.384 e. The molecule has 0 spiro atoms. The van der Waals surface area contributed by atoms with Crippen LogP contribution < -0.4 is 0 Å². The van der Waals surface area contributed by atoms with Crippen molar-refractivity contribution in [2.45, 2.75) is 12.0 Å². The molecular formula is C12H13F2N3O3S. The molecule has 2 rings (SSSR count). The van der Waals surface area contributed by atoms with Crippen LogP contribution in [0.2, 0.25) is 0 Å². The number of hydrogen-bond donors (Lipinski definition) is 2. The molecule has 0 saturated heterocycles. The fraction of sp³-hybridized carbons (Fsp3) is 0.333. The average molecular weight is 317 g/mol. The molecule has 0 aliphatic carbocycles. The Morgan fingerprint density at radius 1 is 1.38 bits per heavy atom. The lowest BCUT2D eigenvalue weighted by Gasteiger charge is -2.27. The number of benzene rings is 1. The first kappa shape index (κ1) is 15.5. The third-order valence-corrected chi connectivity index (χ3v) is 3.86. The van der Waals surface area contributed by atoms with Crippen molar-refractivity contribution in [3.63, 3.8) is 0 Å². The summed E-state index contributed by atoms with van der Waals surface area (Å²) in [7, 11) is -3.63. The molecule has 114 valence electrons. The minimum Gasteiger partial charge on any atom is -0.384 e. The van der Waals surface area contributed by atoms with Gasteiger partial charge in [0.25, 0.3) is 0 Å². The molecule has 1 atom stereocenters. The van der Waals surface area contributed by atoms with E-state index in [1.807, 2.05) is 0 Å². The van der Waals surface area contributed by atoms with Crippen LogP contribution >= 0.6 is 0 Å². The van der Waals surface area contributed by atoms with Crippen LogP contribution in [0, 0.1) is 11.6 Å². The van der Waals surface area contributed by atoms with Crippen LogP contribution in [0.5, 0.6) is 0 Å². The molecule has 0 amide bonds. The lowest BCUT2D eigenvalue weighted by atomic mass is 9.91. The zero-order valence-electron chi connectivity index (χ0n) is 11.0. The van der Waals surface area contributed by atoms with Crippen LogP contribution in [0.4, 0.5) is 8.78 Å². The number of aromatic nitrogens is 3. The van der Waals surface area contributed by atoms with Gasteiger partial charge in [0.1, 0.15) is 29.4 Å². The Kier molecular flexibility index (Phi) is 4.06. The number of aromatic amines is 1. The van der Waals surface area contributed by atoms with Crippen molar-refractivity contribution in [1.82, 2.24) is 15.2 Å². The van der Waals surface area contributed by atoms with Gasteiger partial charge in [0.15, 0.2) is 9.84 Å². The van der Waals surface area contributed by atoms with E-state index in [-0.39, 0.29) is 17.8 Å². The highest BCUT2D eigenvalue weighted by Gasteiger charge is 2.37. The number of rotatable bonds is 5. The lowest BCUT2D eigenvalue weighted by Crippen LogP contribution is -2.37. The van der Waals surface area contributed by atoms with E-state index in [1.165, 1.54) is 6.33 Å². The van der Waals surface area contributed by atoms with Gasteiger partial charge >= 0.3 is 0 Å². The predicted octanol–water partition coefficient (Wildman–Crippen LogP) is 0.558. The first-order valence-corrected chi connectivity index (χ1v) is 7.95. The second kappa shape index (κ2) is 5.49. The molecule has 2 aromatic rings. The van der Waals surface area contributed by atoms with E-state index in [4.69, 9.17) is 0 Å². The number of aliphatic hydroxyl groups is 1. The van der Waals surface area contributed by atoms with E-state index in [0.29, 0.717) is 6.07 Å². The number of sulfone groups is 1. The van der Waals surface area contributed by atoms with Gasteiger partial charge in [-0.25, -0.2) is 22.2 Å². The van der Waals surface area contributed by atoms with Crippen LogP contribution in [0.25, 0.3) is 0 Å². The van der Waals surface area contributed by atoms with Crippen molar-refractivity contribution in [2.24, 2.45) is 0 Å². The van der Waals surface area contributed by atoms with Crippen LogP contribution in [-0.4, -0.2) is 40.7 Å². The standard InChI is InChI=1S/C12H13F2N3O3S/c1-21(19,20)6-12(18,5-11-15-7-16-17-11)9-3-2-8(13)4-10(9)14/h2-4,7,18H,5-6H2,1H3,(H,15,16,17). The number of H-pyrrole nitrogens is 1. The van der Waals surface area contributed by atoms with Crippen molar-refractivity contribution in [3.05, 3.63) is 47.5 Å². The maximum atomic E-state index is 13.9. The summed E-state index contributed by atoms with van der Waals surface area (Å²) in [5, 5.41) is 16.7. The molecule has 0 bridgehead atoms. The van der Waals surface area contributed by atoms with E-state index < -0.39 is 32.8 Å². The van der Waals surface area contributed by atoms with Gasteiger partial charge in [0.2, 0.25) is 0 Å². The van der Waals surface area contributed by atoms with E-state index in [2.05, 4.69) is 15.2 Å². The molecule has 2 N–H and O–H groups in total. The monoisotopic (exact) mass is 317 g/mol. The van der Waals surface area contributed by atoms with Crippen molar-refractivity contribution in [2.75, 3.05) is 12.0 Å². The molecule has 21 heavy (non-hydrogen) atoms. The Bertz CT molecular complexity index is 734. The summed E-state index contributed by atoms with van der Waals surface area (Å²) >= 11 is 0. The predicted molar refractivity (Wildman–Crippen MR) is 70.1 cm³/mol. The molecule has 9 heteroatoms. The normalized spacial score (nSPS) is 14.9. The van der Waals surface area contributed by atoms with Crippen molar-refractivity contribution < 1.29 is 22.3 Å². The average Bonchev–Trinajstić information content (AvgIpc) is 2.78. The second-order valence-corrected chi connectivity index (χ2v) is 6.97. The zero-order chi connectivity index (χ0) is 15.7. The summed E-state index contributed by atoms with van der Waals surface area (Å²) in [6, 6.07) is 2.56. The summed E-state index contributed by atoms with van der Waals surface area (Å²) in [5.41, 5.74) is -2.39. The van der Waals surface area contributed by atoms with Crippen LogP contribution in [0.3, 0.4) is 0 Å². The van der Waals surface area contributed by atoms with Gasteiger partial charge in [-0.05, 0) is 6.07 Å². The quantitative estimate of drug-likeness (QED) is 0.840. The van der Waals surface area contributed by atoms with Gasteiger partial charge in [-0.3, -0.25) is 5.10 Å². The number of halogens is 2. The zero-order valence-corrected chi connectivity index (χ0v) is 11.9. The third kappa shape index (κ3) is 3.82. The summed E-state index contributed by atoms with van der Waals surface area (Å²) in [5.74, 6) is -2.40. The highest BCUT2D eigenvalue weighted by molar-refractivity contribution is 7.90. The number of nitrogens with one attached hydrogen (secondary N) is 1. The molecule has 1 aromatic heterocycles. The molecule has 6 nitrogen and oxygen atoms in total. The smallest absolute Gasteiger partial charge is 0.150 e. The Labute approximate surface area is 119 Å². The Morgan fingerprint density at radius 2 is 2.10 bits per heavy atom. The first-order valence-electron chi connectivity index (χ1n) is 5.89. The van der Waals surface area contributed by atoms with Crippen LogP contribution in [0.15, 0.2) is 24.5 Å². The second-order valence-electron chi connectivity index (χ2n) is 4.83. The molecular weight excluding hydrogens is 304 g/mol. The van der Waals surface area contributed by atoms with Crippen molar-refractivity contribution in [3.8, 4) is 0 Å². The molecule has 0 radical (unpaired) electrons.